The highest BCUT2D eigenvalue weighted by atomic mass is 19.3. The number of aliphatic hydroxyl groups is 1. The molecule has 5 nitrogen and oxygen atoms in total. The van der Waals surface area contributed by atoms with Crippen LogP contribution in [0.2, 0.25) is 0 Å². The van der Waals surface area contributed by atoms with Gasteiger partial charge in [-0.15, -0.1) is 0 Å². The van der Waals surface area contributed by atoms with Gasteiger partial charge < -0.3 is 15.2 Å². The summed E-state index contributed by atoms with van der Waals surface area (Å²) in [5, 5.41) is 12.9. The molecule has 2 heterocycles. The highest BCUT2D eigenvalue weighted by molar-refractivity contribution is 5.81. The predicted molar refractivity (Wildman–Crippen MR) is 66.4 cm³/mol. The lowest BCUT2D eigenvalue weighted by atomic mass is 10.1. The second kappa shape index (κ2) is 5.20. The van der Waals surface area contributed by atoms with Crippen LogP contribution in [0.25, 0.3) is 0 Å². The zero-order chi connectivity index (χ0) is 14.3. The van der Waals surface area contributed by atoms with Gasteiger partial charge in [-0.2, -0.15) is 0 Å². The molecule has 1 saturated carbocycles. The Morgan fingerprint density at radius 3 is 2.80 bits per heavy atom. The van der Waals surface area contributed by atoms with E-state index in [1.807, 2.05) is 0 Å². The van der Waals surface area contributed by atoms with Crippen LogP contribution in [0.5, 0.6) is 0 Å². The van der Waals surface area contributed by atoms with Crippen molar-refractivity contribution in [2.45, 2.75) is 43.4 Å². The van der Waals surface area contributed by atoms with Crippen molar-refractivity contribution in [2.24, 2.45) is 5.92 Å². The van der Waals surface area contributed by atoms with Crippen LogP contribution in [0.4, 0.5) is 8.78 Å². The van der Waals surface area contributed by atoms with E-state index in [9.17, 15) is 18.7 Å². The molecule has 0 bridgehead atoms. The zero-order valence-corrected chi connectivity index (χ0v) is 11.2. The van der Waals surface area contributed by atoms with Crippen LogP contribution in [0.1, 0.15) is 19.3 Å². The smallest absolute Gasteiger partial charge is 0.261 e. The van der Waals surface area contributed by atoms with Gasteiger partial charge in [0, 0.05) is 25.4 Å². The minimum atomic E-state index is -2.64. The highest BCUT2D eigenvalue weighted by Gasteiger charge is 2.43. The summed E-state index contributed by atoms with van der Waals surface area (Å²) in [7, 11) is 0. The van der Waals surface area contributed by atoms with Gasteiger partial charge in [0.25, 0.3) is 5.92 Å². The van der Waals surface area contributed by atoms with Crippen molar-refractivity contribution in [3.8, 4) is 0 Å². The molecule has 1 aliphatic carbocycles. The van der Waals surface area contributed by atoms with Crippen molar-refractivity contribution in [1.29, 1.82) is 0 Å². The molecule has 0 spiro atoms. The summed E-state index contributed by atoms with van der Waals surface area (Å²) in [6, 6.07) is -0.420. The van der Waals surface area contributed by atoms with Gasteiger partial charge in [0.15, 0.2) is 0 Å². The molecule has 0 aromatic carbocycles. The number of hydrogen-bond donors (Lipinski definition) is 2. The molecular formula is C13H20F2N2O3. The predicted octanol–water partition coefficient (Wildman–Crippen LogP) is -0.0181. The van der Waals surface area contributed by atoms with Crippen LogP contribution in [-0.2, 0) is 9.53 Å². The quantitative estimate of drug-likeness (QED) is 0.764. The lowest BCUT2D eigenvalue weighted by Gasteiger charge is -2.23. The van der Waals surface area contributed by atoms with Gasteiger partial charge in [0.05, 0.1) is 25.3 Å². The third kappa shape index (κ3) is 3.10. The zero-order valence-electron chi connectivity index (χ0n) is 11.2. The molecule has 3 rings (SSSR count). The SMILES string of the molecule is O=C(NC1COC(CN2CCC(F)(F)C2)C1O)C1CC1. The molecule has 7 heteroatoms. The average Bonchev–Trinajstić information content (AvgIpc) is 3.11. The van der Waals surface area contributed by atoms with Crippen molar-refractivity contribution in [3.05, 3.63) is 0 Å². The second-order valence-electron chi connectivity index (χ2n) is 6.09. The first-order valence-corrected chi connectivity index (χ1v) is 7.15. The van der Waals surface area contributed by atoms with E-state index in [1.165, 1.54) is 0 Å². The van der Waals surface area contributed by atoms with Gasteiger partial charge in [-0.1, -0.05) is 0 Å². The Hall–Kier alpha value is -0.790. The number of carbonyl (C=O) groups is 1. The van der Waals surface area contributed by atoms with E-state index in [-0.39, 0.29) is 37.9 Å². The fourth-order valence-electron chi connectivity index (χ4n) is 2.83. The van der Waals surface area contributed by atoms with Gasteiger partial charge in [-0.25, -0.2) is 8.78 Å². The number of hydrogen-bond acceptors (Lipinski definition) is 4. The van der Waals surface area contributed by atoms with E-state index < -0.39 is 24.2 Å². The number of nitrogens with one attached hydrogen (secondary N) is 1. The number of rotatable bonds is 4. The normalized spacial score (nSPS) is 37.2. The third-order valence-corrected chi connectivity index (χ3v) is 4.25. The van der Waals surface area contributed by atoms with Crippen LogP contribution < -0.4 is 5.32 Å². The third-order valence-electron chi connectivity index (χ3n) is 4.25. The first-order chi connectivity index (χ1) is 9.44. The lowest BCUT2D eigenvalue weighted by Crippen LogP contribution is -2.47. The maximum Gasteiger partial charge on any atom is 0.261 e. The first kappa shape index (κ1) is 14.2. The van der Waals surface area contributed by atoms with E-state index in [1.54, 1.807) is 4.90 Å². The molecule has 2 aliphatic heterocycles. The summed E-state index contributed by atoms with van der Waals surface area (Å²) in [6.45, 7) is 0.568. The van der Waals surface area contributed by atoms with Crippen LogP contribution in [0.15, 0.2) is 0 Å². The fraction of sp³-hybridized carbons (Fsp3) is 0.923. The molecule has 114 valence electrons. The molecule has 2 N–H and O–H groups in total. The molecule has 0 aromatic heterocycles. The topological polar surface area (TPSA) is 61.8 Å². The number of aliphatic hydroxyl groups excluding tert-OH is 1. The largest absolute Gasteiger partial charge is 0.388 e. The van der Waals surface area contributed by atoms with Crippen LogP contribution in [-0.4, -0.2) is 66.3 Å². The van der Waals surface area contributed by atoms with Crippen molar-refractivity contribution in [1.82, 2.24) is 10.2 Å². The highest BCUT2D eigenvalue weighted by Crippen LogP contribution is 2.30. The number of likely N-dealkylation sites (tertiary alicyclic amines) is 1. The number of halogens is 2. The molecule has 20 heavy (non-hydrogen) atoms. The molecule has 0 aromatic rings. The Morgan fingerprint density at radius 2 is 2.20 bits per heavy atom. The van der Waals surface area contributed by atoms with Crippen LogP contribution >= 0.6 is 0 Å². The Labute approximate surface area is 116 Å². The number of alkyl halides is 2. The monoisotopic (exact) mass is 290 g/mol. The summed E-state index contributed by atoms with van der Waals surface area (Å²) in [5.74, 6) is -2.59. The Balaban J connectivity index is 1.48. The number of nitrogens with zero attached hydrogens (tertiary/aromatic N) is 1. The van der Waals surface area contributed by atoms with E-state index in [2.05, 4.69) is 5.32 Å². The van der Waals surface area contributed by atoms with E-state index in [4.69, 9.17) is 4.74 Å². The molecule has 1 amide bonds. The van der Waals surface area contributed by atoms with Crippen molar-refractivity contribution >= 4 is 5.91 Å². The van der Waals surface area contributed by atoms with Crippen molar-refractivity contribution in [3.63, 3.8) is 0 Å². The number of ether oxygens (including phenoxy) is 1. The van der Waals surface area contributed by atoms with Crippen molar-refractivity contribution < 1.29 is 23.4 Å². The molecule has 3 aliphatic rings. The van der Waals surface area contributed by atoms with E-state index >= 15 is 0 Å². The number of carbonyl (C=O) groups excluding carboxylic acids is 1. The van der Waals surface area contributed by atoms with Gasteiger partial charge in [-0.05, 0) is 12.8 Å². The molecule has 3 fully saturated rings. The minimum Gasteiger partial charge on any atom is -0.388 e. The Bertz CT molecular complexity index is 390. The van der Waals surface area contributed by atoms with Crippen LogP contribution in [0, 0.1) is 5.92 Å². The molecule has 3 unspecified atom stereocenters. The summed E-state index contributed by atoms with van der Waals surface area (Å²) < 4.78 is 31.7. The Kier molecular flexibility index (Phi) is 3.68. The molecular weight excluding hydrogens is 270 g/mol. The standard InChI is InChI=1S/C13H20F2N2O3/c14-13(15)3-4-17(7-13)5-10-11(18)9(6-20-10)16-12(19)8-1-2-8/h8-11,18H,1-7H2,(H,16,19). The van der Waals surface area contributed by atoms with E-state index in [0.717, 1.165) is 12.8 Å². The van der Waals surface area contributed by atoms with Gasteiger partial charge >= 0.3 is 0 Å². The van der Waals surface area contributed by atoms with Gasteiger partial charge in [0.2, 0.25) is 5.91 Å². The average molecular weight is 290 g/mol. The lowest BCUT2D eigenvalue weighted by molar-refractivity contribution is -0.123. The molecule has 3 atom stereocenters. The van der Waals surface area contributed by atoms with E-state index in [0.29, 0.717) is 6.54 Å². The summed E-state index contributed by atoms with van der Waals surface area (Å²) in [5.41, 5.74) is 0. The Morgan fingerprint density at radius 1 is 1.45 bits per heavy atom. The summed E-state index contributed by atoms with van der Waals surface area (Å²) >= 11 is 0. The number of amides is 1. The second-order valence-corrected chi connectivity index (χ2v) is 6.09. The maximum absolute atomic E-state index is 13.1. The maximum atomic E-state index is 13.1. The van der Waals surface area contributed by atoms with Crippen LogP contribution in [0.3, 0.4) is 0 Å². The fourth-order valence-corrected chi connectivity index (χ4v) is 2.83. The summed E-state index contributed by atoms with van der Waals surface area (Å²) in [4.78, 5) is 13.3. The molecule has 2 saturated heterocycles. The van der Waals surface area contributed by atoms with Gasteiger partial charge in [0.1, 0.15) is 6.10 Å². The molecule has 0 radical (unpaired) electrons. The minimum absolute atomic E-state index is 0.0361. The first-order valence-electron chi connectivity index (χ1n) is 7.15. The van der Waals surface area contributed by atoms with Gasteiger partial charge in [-0.3, -0.25) is 9.69 Å². The summed E-state index contributed by atoms with van der Waals surface area (Å²) in [6.07, 6.45) is 0.335. The van der Waals surface area contributed by atoms with Crippen molar-refractivity contribution in [2.75, 3.05) is 26.2 Å².